The number of nitrogens with one attached hydrogen (secondary N) is 1. The fourth-order valence-corrected chi connectivity index (χ4v) is 1.24. The highest BCUT2D eigenvalue weighted by molar-refractivity contribution is 5.98. The summed E-state index contributed by atoms with van der Waals surface area (Å²) in [5.74, 6) is -1.87. The lowest BCUT2D eigenvalue weighted by molar-refractivity contribution is -0.135. The number of aryl methyl sites for hydroxylation is 1. The number of rotatable bonds is 4. The number of benzene rings is 1. The van der Waals surface area contributed by atoms with Crippen molar-refractivity contribution >= 4 is 11.9 Å². The number of hydrogen-bond donors (Lipinski definition) is 3. The van der Waals surface area contributed by atoms with E-state index in [2.05, 4.69) is 5.32 Å². The van der Waals surface area contributed by atoms with E-state index in [1.54, 1.807) is 12.1 Å². The molecule has 0 radical (unpaired) electrons. The molecule has 16 heavy (non-hydrogen) atoms. The van der Waals surface area contributed by atoms with Crippen LogP contribution in [0.15, 0.2) is 18.2 Å². The van der Waals surface area contributed by atoms with Crippen molar-refractivity contribution in [2.75, 3.05) is 6.54 Å². The maximum atomic E-state index is 11.5. The van der Waals surface area contributed by atoms with Gasteiger partial charge in [-0.1, -0.05) is 13.0 Å². The van der Waals surface area contributed by atoms with E-state index in [0.29, 0.717) is 0 Å². The summed E-state index contributed by atoms with van der Waals surface area (Å²) in [7, 11) is 0. The maximum absolute atomic E-state index is 11.5. The van der Waals surface area contributed by atoms with Gasteiger partial charge in [0.2, 0.25) is 0 Å². The van der Waals surface area contributed by atoms with Gasteiger partial charge in [0.05, 0.1) is 5.56 Å². The minimum Gasteiger partial charge on any atom is -0.507 e. The van der Waals surface area contributed by atoms with Crippen molar-refractivity contribution in [3.63, 3.8) is 0 Å². The number of phenolic OH excluding ortho intramolecular Hbond substituents is 1. The Morgan fingerprint density at radius 3 is 2.62 bits per heavy atom. The van der Waals surface area contributed by atoms with Gasteiger partial charge in [0.25, 0.3) is 5.91 Å². The van der Waals surface area contributed by atoms with Gasteiger partial charge in [0, 0.05) is 0 Å². The predicted molar refractivity (Wildman–Crippen MR) is 57.5 cm³/mol. The predicted octanol–water partition coefficient (Wildman–Crippen LogP) is 0.769. The van der Waals surface area contributed by atoms with Crippen LogP contribution in [0.1, 0.15) is 22.8 Å². The van der Waals surface area contributed by atoms with E-state index in [1.807, 2.05) is 6.92 Å². The molecule has 0 heterocycles. The van der Waals surface area contributed by atoms with Crippen LogP contribution in [0, 0.1) is 0 Å². The zero-order chi connectivity index (χ0) is 12.1. The molecule has 3 N–H and O–H groups in total. The van der Waals surface area contributed by atoms with Crippen LogP contribution < -0.4 is 5.32 Å². The molecule has 0 aliphatic carbocycles. The number of carbonyl (C=O) groups is 2. The largest absolute Gasteiger partial charge is 0.507 e. The second-order valence-electron chi connectivity index (χ2n) is 3.28. The molecule has 0 aliphatic heterocycles. The first-order valence-electron chi connectivity index (χ1n) is 4.86. The van der Waals surface area contributed by atoms with Crippen LogP contribution in [-0.4, -0.2) is 28.6 Å². The van der Waals surface area contributed by atoms with Crippen LogP contribution in [0.2, 0.25) is 0 Å². The summed E-state index contributed by atoms with van der Waals surface area (Å²) in [6.07, 6.45) is 0.736. The quantitative estimate of drug-likeness (QED) is 0.703. The topological polar surface area (TPSA) is 86.6 Å². The highest BCUT2D eigenvalue weighted by Gasteiger charge is 2.12. The molecule has 1 rings (SSSR count). The van der Waals surface area contributed by atoms with Crippen molar-refractivity contribution < 1.29 is 19.8 Å². The molecule has 0 fully saturated rings. The Kier molecular flexibility index (Phi) is 3.88. The van der Waals surface area contributed by atoms with Crippen LogP contribution >= 0.6 is 0 Å². The van der Waals surface area contributed by atoms with Gasteiger partial charge in [-0.05, 0) is 24.1 Å². The molecule has 0 bridgehead atoms. The Balaban J connectivity index is 2.85. The van der Waals surface area contributed by atoms with Gasteiger partial charge in [-0.25, -0.2) is 0 Å². The Hall–Kier alpha value is -2.04. The molecule has 1 amide bonds. The fourth-order valence-electron chi connectivity index (χ4n) is 1.24. The minimum absolute atomic E-state index is 0.0978. The summed E-state index contributed by atoms with van der Waals surface area (Å²) in [6.45, 7) is 1.46. The molecule has 0 saturated carbocycles. The monoisotopic (exact) mass is 223 g/mol. The van der Waals surface area contributed by atoms with E-state index >= 15 is 0 Å². The molecule has 1 aromatic carbocycles. The highest BCUT2D eigenvalue weighted by atomic mass is 16.4. The van der Waals surface area contributed by atoms with Crippen LogP contribution in [0.3, 0.4) is 0 Å². The zero-order valence-electron chi connectivity index (χ0n) is 8.86. The second-order valence-corrected chi connectivity index (χ2v) is 3.28. The Morgan fingerprint density at radius 1 is 1.38 bits per heavy atom. The van der Waals surface area contributed by atoms with Gasteiger partial charge in [-0.3, -0.25) is 9.59 Å². The Labute approximate surface area is 92.7 Å². The molecule has 0 spiro atoms. The van der Waals surface area contributed by atoms with Crippen molar-refractivity contribution in [2.45, 2.75) is 13.3 Å². The smallest absolute Gasteiger partial charge is 0.322 e. The summed E-state index contributed by atoms with van der Waals surface area (Å²) in [6, 6.07) is 4.68. The first-order valence-corrected chi connectivity index (χ1v) is 4.86. The summed E-state index contributed by atoms with van der Waals surface area (Å²) < 4.78 is 0. The SMILES string of the molecule is CCc1ccc(O)c(C(=O)NCC(=O)O)c1. The Morgan fingerprint density at radius 2 is 2.06 bits per heavy atom. The lowest BCUT2D eigenvalue weighted by Crippen LogP contribution is -2.29. The van der Waals surface area contributed by atoms with Gasteiger partial charge < -0.3 is 15.5 Å². The molecule has 86 valence electrons. The van der Waals surface area contributed by atoms with E-state index in [-0.39, 0.29) is 11.3 Å². The van der Waals surface area contributed by atoms with Crippen LogP contribution in [0.5, 0.6) is 5.75 Å². The Bertz CT molecular complexity index is 414. The molecule has 5 heteroatoms. The normalized spacial score (nSPS) is 9.81. The number of hydrogen-bond acceptors (Lipinski definition) is 3. The van der Waals surface area contributed by atoms with E-state index in [9.17, 15) is 14.7 Å². The number of amides is 1. The molecule has 0 unspecified atom stereocenters. The molecule has 5 nitrogen and oxygen atoms in total. The van der Waals surface area contributed by atoms with Crippen LogP contribution in [0.25, 0.3) is 0 Å². The highest BCUT2D eigenvalue weighted by Crippen LogP contribution is 2.18. The summed E-state index contributed by atoms with van der Waals surface area (Å²) in [4.78, 5) is 21.8. The third-order valence-corrected chi connectivity index (χ3v) is 2.11. The number of phenols is 1. The van der Waals surface area contributed by atoms with Gasteiger partial charge in [0.15, 0.2) is 0 Å². The lowest BCUT2D eigenvalue weighted by Gasteiger charge is -2.06. The third kappa shape index (κ3) is 2.98. The summed E-state index contributed by atoms with van der Waals surface area (Å²) >= 11 is 0. The molecule has 0 atom stereocenters. The van der Waals surface area contributed by atoms with Crippen LogP contribution in [-0.2, 0) is 11.2 Å². The van der Waals surface area contributed by atoms with Crippen LogP contribution in [0.4, 0.5) is 0 Å². The first-order chi connectivity index (χ1) is 7.54. The van der Waals surface area contributed by atoms with E-state index in [0.717, 1.165) is 12.0 Å². The second kappa shape index (κ2) is 5.16. The number of carboxylic acid groups (broad SMARTS) is 1. The zero-order valence-corrected chi connectivity index (χ0v) is 8.86. The lowest BCUT2D eigenvalue weighted by atomic mass is 10.1. The van der Waals surface area contributed by atoms with Crippen molar-refractivity contribution in [2.24, 2.45) is 0 Å². The van der Waals surface area contributed by atoms with Crippen molar-refractivity contribution in [1.29, 1.82) is 0 Å². The molecular formula is C11H13NO4. The van der Waals surface area contributed by atoms with E-state index in [4.69, 9.17) is 5.11 Å². The summed E-state index contributed by atoms with van der Waals surface area (Å²) in [5, 5.41) is 20.1. The van der Waals surface area contributed by atoms with Crippen molar-refractivity contribution in [3.05, 3.63) is 29.3 Å². The average molecular weight is 223 g/mol. The maximum Gasteiger partial charge on any atom is 0.322 e. The van der Waals surface area contributed by atoms with Crippen molar-refractivity contribution in [1.82, 2.24) is 5.32 Å². The van der Waals surface area contributed by atoms with E-state index < -0.39 is 18.4 Å². The standard InChI is InChI=1S/C11H13NO4/c1-2-7-3-4-9(13)8(5-7)11(16)12-6-10(14)15/h3-5,13H,2,6H2,1H3,(H,12,16)(H,14,15). The number of aromatic hydroxyl groups is 1. The van der Waals surface area contributed by atoms with Gasteiger partial charge in [0.1, 0.15) is 12.3 Å². The van der Waals surface area contributed by atoms with E-state index in [1.165, 1.54) is 6.07 Å². The van der Waals surface area contributed by atoms with Gasteiger partial charge in [-0.15, -0.1) is 0 Å². The van der Waals surface area contributed by atoms with Gasteiger partial charge in [-0.2, -0.15) is 0 Å². The fraction of sp³-hybridized carbons (Fsp3) is 0.273. The first kappa shape index (κ1) is 12.0. The molecule has 0 aliphatic rings. The third-order valence-electron chi connectivity index (χ3n) is 2.11. The number of carbonyl (C=O) groups excluding carboxylic acids is 1. The number of aliphatic carboxylic acids is 1. The van der Waals surface area contributed by atoms with Gasteiger partial charge >= 0.3 is 5.97 Å². The van der Waals surface area contributed by atoms with Crippen molar-refractivity contribution in [3.8, 4) is 5.75 Å². The molecule has 0 saturated heterocycles. The summed E-state index contributed by atoms with van der Waals surface area (Å²) in [5.41, 5.74) is 0.999. The average Bonchev–Trinajstić information content (AvgIpc) is 2.26. The number of carboxylic acids is 1. The minimum atomic E-state index is -1.13. The molecule has 1 aromatic rings. The molecular weight excluding hydrogens is 210 g/mol. The molecule has 0 aromatic heterocycles.